The molecular formula is C10H13N3O3. The molecule has 0 radical (unpaired) electrons. The smallest absolute Gasteiger partial charge is 0.339 e. The number of rotatable bonds is 3. The van der Waals surface area contributed by atoms with Crippen molar-refractivity contribution in [2.75, 3.05) is 11.9 Å². The largest absolute Gasteiger partial charge is 0.478 e. The SMILES string of the molecule is CC1OCCC1Nc1nnccc1C(=O)O. The van der Waals surface area contributed by atoms with Gasteiger partial charge in [-0.1, -0.05) is 0 Å². The fraction of sp³-hybridized carbons (Fsp3) is 0.500. The Bertz CT molecular complexity index is 397. The molecule has 1 fully saturated rings. The highest BCUT2D eigenvalue weighted by Gasteiger charge is 2.25. The van der Waals surface area contributed by atoms with Gasteiger partial charge in [0.1, 0.15) is 5.56 Å². The molecule has 1 aromatic heterocycles. The summed E-state index contributed by atoms with van der Waals surface area (Å²) in [6.07, 6.45) is 2.27. The number of carboxylic acid groups (broad SMARTS) is 1. The molecule has 0 aliphatic carbocycles. The number of nitrogens with zero attached hydrogens (tertiary/aromatic N) is 2. The van der Waals surface area contributed by atoms with Crippen molar-refractivity contribution >= 4 is 11.8 Å². The number of ether oxygens (including phenoxy) is 1. The van der Waals surface area contributed by atoms with Gasteiger partial charge in [0.05, 0.1) is 18.3 Å². The van der Waals surface area contributed by atoms with E-state index in [2.05, 4.69) is 15.5 Å². The molecule has 0 saturated carbocycles. The van der Waals surface area contributed by atoms with E-state index in [9.17, 15) is 4.79 Å². The zero-order chi connectivity index (χ0) is 11.5. The Morgan fingerprint density at radius 3 is 3.12 bits per heavy atom. The molecule has 1 saturated heterocycles. The topological polar surface area (TPSA) is 84.3 Å². The summed E-state index contributed by atoms with van der Waals surface area (Å²) in [5, 5.41) is 19.5. The normalized spacial score (nSPS) is 24.3. The van der Waals surface area contributed by atoms with Gasteiger partial charge in [-0.15, -0.1) is 5.10 Å². The van der Waals surface area contributed by atoms with E-state index in [1.54, 1.807) is 0 Å². The van der Waals surface area contributed by atoms with Gasteiger partial charge in [0.2, 0.25) is 0 Å². The van der Waals surface area contributed by atoms with Crippen LogP contribution in [0.2, 0.25) is 0 Å². The summed E-state index contributed by atoms with van der Waals surface area (Å²) in [5.41, 5.74) is 0.133. The third-order valence-electron chi connectivity index (χ3n) is 2.65. The number of aromatic carboxylic acids is 1. The van der Waals surface area contributed by atoms with Crippen LogP contribution in [0.1, 0.15) is 23.7 Å². The van der Waals surface area contributed by atoms with Crippen molar-refractivity contribution in [3.63, 3.8) is 0 Å². The molecule has 6 nitrogen and oxygen atoms in total. The molecule has 2 rings (SSSR count). The molecule has 2 atom stereocenters. The van der Waals surface area contributed by atoms with E-state index in [0.717, 1.165) is 6.42 Å². The van der Waals surface area contributed by atoms with Crippen LogP contribution in [0, 0.1) is 0 Å². The van der Waals surface area contributed by atoms with Gasteiger partial charge in [-0.25, -0.2) is 4.79 Å². The maximum absolute atomic E-state index is 10.9. The van der Waals surface area contributed by atoms with Crippen LogP contribution in [-0.4, -0.2) is 40.0 Å². The maximum Gasteiger partial charge on any atom is 0.339 e. The van der Waals surface area contributed by atoms with Gasteiger partial charge in [-0.2, -0.15) is 5.10 Å². The molecule has 0 bridgehead atoms. The Balaban J connectivity index is 2.17. The highest BCUT2D eigenvalue weighted by molar-refractivity contribution is 5.92. The third kappa shape index (κ3) is 2.11. The average Bonchev–Trinajstić information content (AvgIpc) is 2.65. The highest BCUT2D eigenvalue weighted by Crippen LogP contribution is 2.19. The second-order valence-electron chi connectivity index (χ2n) is 3.71. The number of hydrogen-bond donors (Lipinski definition) is 2. The van der Waals surface area contributed by atoms with Gasteiger partial charge < -0.3 is 15.2 Å². The molecule has 0 aromatic carbocycles. The van der Waals surface area contributed by atoms with Crippen LogP contribution >= 0.6 is 0 Å². The Morgan fingerprint density at radius 2 is 2.50 bits per heavy atom. The fourth-order valence-corrected chi connectivity index (χ4v) is 1.71. The van der Waals surface area contributed by atoms with E-state index < -0.39 is 5.97 Å². The van der Waals surface area contributed by atoms with E-state index in [1.807, 2.05) is 6.92 Å². The first-order valence-corrected chi connectivity index (χ1v) is 5.11. The minimum Gasteiger partial charge on any atom is -0.478 e. The minimum absolute atomic E-state index is 0.0589. The van der Waals surface area contributed by atoms with E-state index in [-0.39, 0.29) is 17.7 Å². The summed E-state index contributed by atoms with van der Waals surface area (Å²) in [7, 11) is 0. The van der Waals surface area contributed by atoms with Gasteiger partial charge in [0, 0.05) is 6.61 Å². The number of anilines is 1. The number of nitrogens with one attached hydrogen (secondary N) is 1. The first-order valence-electron chi connectivity index (χ1n) is 5.11. The zero-order valence-corrected chi connectivity index (χ0v) is 8.88. The van der Waals surface area contributed by atoms with Crippen LogP contribution in [-0.2, 0) is 4.74 Å². The van der Waals surface area contributed by atoms with Crippen LogP contribution in [0.3, 0.4) is 0 Å². The summed E-state index contributed by atoms with van der Waals surface area (Å²) in [5.74, 6) is -0.707. The Hall–Kier alpha value is -1.69. The van der Waals surface area contributed by atoms with Crippen molar-refractivity contribution in [1.29, 1.82) is 0 Å². The van der Waals surface area contributed by atoms with E-state index in [1.165, 1.54) is 12.3 Å². The quantitative estimate of drug-likeness (QED) is 0.787. The van der Waals surface area contributed by atoms with E-state index in [0.29, 0.717) is 12.4 Å². The molecule has 86 valence electrons. The first kappa shape index (κ1) is 10.8. The Kier molecular flexibility index (Phi) is 3.00. The number of aromatic nitrogens is 2. The molecule has 2 N–H and O–H groups in total. The second-order valence-corrected chi connectivity index (χ2v) is 3.71. The molecule has 2 heterocycles. The zero-order valence-electron chi connectivity index (χ0n) is 8.88. The van der Waals surface area contributed by atoms with Crippen LogP contribution in [0.25, 0.3) is 0 Å². The van der Waals surface area contributed by atoms with Crippen molar-refractivity contribution in [1.82, 2.24) is 10.2 Å². The summed E-state index contributed by atoms with van der Waals surface area (Å²) >= 11 is 0. The number of hydrogen-bond acceptors (Lipinski definition) is 5. The molecule has 2 unspecified atom stereocenters. The number of carbonyl (C=O) groups is 1. The molecule has 1 aliphatic rings. The second kappa shape index (κ2) is 4.44. The molecule has 1 aromatic rings. The fourth-order valence-electron chi connectivity index (χ4n) is 1.71. The lowest BCUT2D eigenvalue weighted by Gasteiger charge is -2.17. The van der Waals surface area contributed by atoms with Crippen LogP contribution in [0.5, 0.6) is 0 Å². The summed E-state index contributed by atoms with van der Waals surface area (Å²) in [6.45, 7) is 2.63. The molecule has 1 aliphatic heterocycles. The lowest BCUT2D eigenvalue weighted by atomic mass is 10.1. The summed E-state index contributed by atoms with van der Waals surface area (Å²) in [4.78, 5) is 10.9. The lowest BCUT2D eigenvalue weighted by molar-refractivity contribution is 0.0697. The van der Waals surface area contributed by atoms with Crippen molar-refractivity contribution in [2.45, 2.75) is 25.5 Å². The molecule has 0 amide bonds. The summed E-state index contributed by atoms with van der Waals surface area (Å²) < 4.78 is 5.38. The van der Waals surface area contributed by atoms with Gasteiger partial charge >= 0.3 is 5.97 Å². The standard InChI is InChI=1S/C10H13N3O3/c1-6-8(3-5-16-6)12-9-7(10(14)15)2-4-11-13-9/h2,4,6,8H,3,5H2,1H3,(H,12,13)(H,14,15). The van der Waals surface area contributed by atoms with Gasteiger partial charge in [0.25, 0.3) is 0 Å². The summed E-state index contributed by atoms with van der Waals surface area (Å²) in [6, 6.07) is 1.52. The average molecular weight is 223 g/mol. The number of carboxylic acids is 1. The van der Waals surface area contributed by atoms with E-state index >= 15 is 0 Å². The van der Waals surface area contributed by atoms with Crippen molar-refractivity contribution in [3.8, 4) is 0 Å². The third-order valence-corrected chi connectivity index (χ3v) is 2.65. The maximum atomic E-state index is 10.9. The monoisotopic (exact) mass is 223 g/mol. The van der Waals surface area contributed by atoms with Crippen molar-refractivity contribution < 1.29 is 14.6 Å². The Morgan fingerprint density at radius 1 is 1.69 bits per heavy atom. The predicted molar refractivity (Wildman–Crippen MR) is 56.4 cm³/mol. The first-order chi connectivity index (χ1) is 7.68. The minimum atomic E-state index is -1.01. The molecule has 6 heteroatoms. The lowest BCUT2D eigenvalue weighted by Crippen LogP contribution is -2.28. The molecule has 16 heavy (non-hydrogen) atoms. The Labute approximate surface area is 92.6 Å². The van der Waals surface area contributed by atoms with Crippen molar-refractivity contribution in [2.24, 2.45) is 0 Å². The van der Waals surface area contributed by atoms with Gasteiger partial charge in [-0.3, -0.25) is 0 Å². The van der Waals surface area contributed by atoms with Crippen LogP contribution in [0.4, 0.5) is 5.82 Å². The van der Waals surface area contributed by atoms with Gasteiger partial charge in [-0.05, 0) is 19.4 Å². The molecular weight excluding hydrogens is 210 g/mol. The van der Waals surface area contributed by atoms with Crippen LogP contribution in [0.15, 0.2) is 12.3 Å². The van der Waals surface area contributed by atoms with Crippen molar-refractivity contribution in [3.05, 3.63) is 17.8 Å². The highest BCUT2D eigenvalue weighted by atomic mass is 16.5. The predicted octanol–water partition coefficient (Wildman–Crippen LogP) is 0.764. The molecule has 0 spiro atoms. The van der Waals surface area contributed by atoms with Gasteiger partial charge in [0.15, 0.2) is 5.82 Å². The van der Waals surface area contributed by atoms with E-state index in [4.69, 9.17) is 9.84 Å². The van der Waals surface area contributed by atoms with Crippen LogP contribution < -0.4 is 5.32 Å².